The van der Waals surface area contributed by atoms with Gasteiger partial charge < -0.3 is 5.73 Å². The van der Waals surface area contributed by atoms with Crippen molar-refractivity contribution in [2.45, 2.75) is 12.7 Å². The molecule has 1 aromatic carbocycles. The van der Waals surface area contributed by atoms with E-state index in [-0.39, 0.29) is 5.75 Å². The first-order chi connectivity index (χ1) is 8.85. The van der Waals surface area contributed by atoms with Crippen molar-refractivity contribution in [2.75, 3.05) is 10.5 Å². The summed E-state index contributed by atoms with van der Waals surface area (Å²) in [5, 5.41) is 4.09. The van der Waals surface area contributed by atoms with Crippen molar-refractivity contribution in [3.05, 3.63) is 41.6 Å². The highest BCUT2D eigenvalue weighted by Gasteiger charge is 2.14. The van der Waals surface area contributed by atoms with Crippen LogP contribution in [-0.2, 0) is 22.8 Å². The van der Waals surface area contributed by atoms with Crippen LogP contribution < -0.4 is 10.5 Å². The van der Waals surface area contributed by atoms with Gasteiger partial charge in [0.15, 0.2) is 0 Å². The lowest BCUT2D eigenvalue weighted by molar-refractivity contribution is 0.599. The van der Waals surface area contributed by atoms with E-state index in [4.69, 9.17) is 5.73 Å². The number of rotatable bonds is 4. The minimum Gasteiger partial charge on any atom is -0.399 e. The van der Waals surface area contributed by atoms with E-state index in [9.17, 15) is 8.42 Å². The molecule has 0 radical (unpaired) electrons. The summed E-state index contributed by atoms with van der Waals surface area (Å²) >= 11 is 0. The van der Waals surface area contributed by atoms with E-state index in [1.807, 2.05) is 0 Å². The number of aromatic nitrogens is 2. The van der Waals surface area contributed by atoms with Gasteiger partial charge in [0.1, 0.15) is 5.82 Å². The minimum absolute atomic E-state index is 0.0997. The van der Waals surface area contributed by atoms with E-state index in [2.05, 4.69) is 9.82 Å². The summed E-state index contributed by atoms with van der Waals surface area (Å²) in [6.07, 6.45) is 0. The summed E-state index contributed by atoms with van der Waals surface area (Å²) in [6.45, 7) is 1.80. The molecular formula is C12H16N4O2S. The lowest BCUT2D eigenvalue weighted by Crippen LogP contribution is -2.17. The standard InChI is InChI=1S/C12H16N4O2S/c1-9-7-12(16(2)14-9)15-19(17,18)8-10-3-5-11(13)6-4-10/h3-7,15H,8,13H2,1-2H3. The maximum atomic E-state index is 12.0. The molecule has 0 saturated heterocycles. The Morgan fingerprint density at radius 2 is 1.95 bits per heavy atom. The van der Waals surface area contributed by atoms with Gasteiger partial charge >= 0.3 is 0 Å². The molecule has 2 aromatic rings. The molecule has 0 aliphatic rings. The maximum Gasteiger partial charge on any atom is 0.238 e. The van der Waals surface area contributed by atoms with Crippen LogP contribution in [0, 0.1) is 6.92 Å². The summed E-state index contributed by atoms with van der Waals surface area (Å²) in [7, 11) is -1.77. The van der Waals surface area contributed by atoms with Gasteiger partial charge in [-0.1, -0.05) is 12.1 Å². The van der Waals surface area contributed by atoms with Crippen LogP contribution in [0.1, 0.15) is 11.3 Å². The van der Waals surface area contributed by atoms with Gasteiger partial charge in [-0.15, -0.1) is 0 Å². The highest BCUT2D eigenvalue weighted by Crippen LogP contribution is 2.14. The molecule has 0 aliphatic carbocycles. The quantitative estimate of drug-likeness (QED) is 0.825. The second-order valence-electron chi connectivity index (χ2n) is 4.40. The first-order valence-corrected chi connectivity index (χ1v) is 7.36. The van der Waals surface area contributed by atoms with E-state index in [0.29, 0.717) is 17.1 Å². The Kier molecular flexibility index (Phi) is 3.48. The van der Waals surface area contributed by atoms with Gasteiger partial charge in [-0.2, -0.15) is 5.10 Å². The Hall–Kier alpha value is -2.02. The molecule has 3 N–H and O–H groups in total. The number of anilines is 2. The fourth-order valence-electron chi connectivity index (χ4n) is 1.73. The molecule has 7 heteroatoms. The van der Waals surface area contributed by atoms with Crippen molar-refractivity contribution in [3.8, 4) is 0 Å². The summed E-state index contributed by atoms with van der Waals surface area (Å²) in [6, 6.07) is 8.44. The average molecular weight is 280 g/mol. The number of nitrogens with zero attached hydrogens (tertiary/aromatic N) is 2. The molecule has 0 atom stereocenters. The zero-order valence-electron chi connectivity index (χ0n) is 10.8. The van der Waals surface area contributed by atoms with Gasteiger partial charge in [-0.05, 0) is 24.6 Å². The predicted octanol–water partition coefficient (Wildman–Crippen LogP) is 1.25. The molecule has 102 valence electrons. The molecular weight excluding hydrogens is 264 g/mol. The lowest BCUT2D eigenvalue weighted by Gasteiger charge is -2.08. The molecule has 0 spiro atoms. The molecule has 0 unspecified atom stereocenters. The second-order valence-corrected chi connectivity index (χ2v) is 6.12. The van der Waals surface area contributed by atoms with Crippen molar-refractivity contribution in [1.82, 2.24) is 9.78 Å². The van der Waals surface area contributed by atoms with Crippen molar-refractivity contribution in [2.24, 2.45) is 7.05 Å². The third-order valence-corrected chi connectivity index (χ3v) is 3.83. The van der Waals surface area contributed by atoms with Gasteiger partial charge in [-0.3, -0.25) is 9.40 Å². The average Bonchev–Trinajstić information content (AvgIpc) is 2.59. The van der Waals surface area contributed by atoms with E-state index < -0.39 is 10.0 Å². The largest absolute Gasteiger partial charge is 0.399 e. The highest BCUT2D eigenvalue weighted by molar-refractivity contribution is 7.91. The van der Waals surface area contributed by atoms with Crippen LogP contribution in [0.5, 0.6) is 0 Å². The van der Waals surface area contributed by atoms with Crippen molar-refractivity contribution in [1.29, 1.82) is 0 Å². The zero-order chi connectivity index (χ0) is 14.0. The molecule has 1 aromatic heterocycles. The number of nitrogens with two attached hydrogens (primary N) is 1. The predicted molar refractivity (Wildman–Crippen MR) is 75.0 cm³/mol. The number of benzene rings is 1. The van der Waals surface area contributed by atoms with E-state index in [0.717, 1.165) is 5.69 Å². The molecule has 19 heavy (non-hydrogen) atoms. The van der Waals surface area contributed by atoms with Crippen LogP contribution >= 0.6 is 0 Å². The van der Waals surface area contributed by atoms with Crippen LogP contribution in [0.2, 0.25) is 0 Å². The van der Waals surface area contributed by atoms with Crippen LogP contribution in [0.25, 0.3) is 0 Å². The molecule has 6 nitrogen and oxygen atoms in total. The minimum atomic E-state index is -3.46. The summed E-state index contributed by atoms with van der Waals surface area (Å²) in [4.78, 5) is 0. The first kappa shape index (κ1) is 13.4. The van der Waals surface area contributed by atoms with Gasteiger partial charge in [0.25, 0.3) is 0 Å². The van der Waals surface area contributed by atoms with Gasteiger partial charge in [0.2, 0.25) is 10.0 Å². The monoisotopic (exact) mass is 280 g/mol. The van der Waals surface area contributed by atoms with Crippen molar-refractivity contribution in [3.63, 3.8) is 0 Å². The molecule has 0 aliphatic heterocycles. The summed E-state index contributed by atoms with van der Waals surface area (Å²) in [5.74, 6) is 0.352. The molecule has 0 saturated carbocycles. The fourth-order valence-corrected chi connectivity index (χ4v) is 2.95. The Labute approximate surface area is 112 Å². The normalized spacial score (nSPS) is 11.5. The third-order valence-electron chi connectivity index (χ3n) is 2.60. The fraction of sp³-hybridized carbons (Fsp3) is 0.250. The van der Waals surface area contributed by atoms with E-state index >= 15 is 0 Å². The summed E-state index contributed by atoms with van der Waals surface area (Å²) < 4.78 is 28.1. The molecule has 0 fully saturated rings. The Morgan fingerprint density at radius 3 is 2.47 bits per heavy atom. The topological polar surface area (TPSA) is 90.0 Å². The van der Waals surface area contributed by atoms with Crippen LogP contribution in [0.4, 0.5) is 11.5 Å². The molecule has 2 rings (SSSR count). The smallest absolute Gasteiger partial charge is 0.238 e. The molecule has 0 bridgehead atoms. The lowest BCUT2D eigenvalue weighted by atomic mass is 10.2. The van der Waals surface area contributed by atoms with Crippen LogP contribution in [0.3, 0.4) is 0 Å². The first-order valence-electron chi connectivity index (χ1n) is 5.71. The number of hydrogen-bond acceptors (Lipinski definition) is 4. The Balaban J connectivity index is 2.15. The summed E-state index contributed by atoms with van der Waals surface area (Å²) in [5.41, 5.74) is 7.61. The van der Waals surface area contributed by atoms with Gasteiger partial charge in [0, 0.05) is 18.8 Å². The Bertz CT molecular complexity index is 674. The van der Waals surface area contributed by atoms with Crippen molar-refractivity contribution >= 4 is 21.5 Å². The van der Waals surface area contributed by atoms with Gasteiger partial charge in [-0.25, -0.2) is 8.42 Å². The third kappa shape index (κ3) is 3.47. The van der Waals surface area contributed by atoms with Crippen LogP contribution in [0.15, 0.2) is 30.3 Å². The number of hydrogen-bond donors (Lipinski definition) is 2. The Morgan fingerprint density at radius 1 is 1.32 bits per heavy atom. The van der Waals surface area contributed by atoms with Crippen LogP contribution in [-0.4, -0.2) is 18.2 Å². The van der Waals surface area contributed by atoms with E-state index in [1.54, 1.807) is 44.3 Å². The second kappa shape index (κ2) is 4.93. The zero-order valence-corrected chi connectivity index (χ0v) is 11.6. The molecule has 1 heterocycles. The number of aryl methyl sites for hydroxylation is 2. The van der Waals surface area contributed by atoms with Gasteiger partial charge in [0.05, 0.1) is 11.4 Å². The highest BCUT2D eigenvalue weighted by atomic mass is 32.2. The number of nitrogen functional groups attached to an aromatic ring is 1. The van der Waals surface area contributed by atoms with Crippen molar-refractivity contribution < 1.29 is 8.42 Å². The van der Waals surface area contributed by atoms with E-state index in [1.165, 1.54) is 4.68 Å². The molecule has 0 amide bonds. The number of sulfonamides is 1. The maximum absolute atomic E-state index is 12.0. The SMILES string of the molecule is Cc1cc(NS(=O)(=O)Cc2ccc(N)cc2)n(C)n1. The number of nitrogens with one attached hydrogen (secondary N) is 1.